The Labute approximate surface area is 104 Å². The molecule has 0 radical (unpaired) electrons. The third kappa shape index (κ3) is 4.54. The fraction of sp³-hybridized carbons (Fsp3) is 1.00. The molecule has 104 valence electrons. The second-order valence-corrected chi connectivity index (χ2v) is 8.17. The van der Waals surface area contributed by atoms with Crippen molar-refractivity contribution in [3.63, 3.8) is 0 Å². The van der Waals surface area contributed by atoms with Crippen LogP contribution in [0.1, 0.15) is 34.1 Å². The van der Waals surface area contributed by atoms with Gasteiger partial charge in [-0.2, -0.15) is 0 Å². The highest BCUT2D eigenvalue weighted by atomic mass is 32.2. The molecule has 0 bridgehead atoms. The van der Waals surface area contributed by atoms with E-state index in [1.807, 2.05) is 6.92 Å². The van der Waals surface area contributed by atoms with E-state index in [1.54, 1.807) is 20.8 Å². The van der Waals surface area contributed by atoms with E-state index in [9.17, 15) is 18.6 Å². The van der Waals surface area contributed by atoms with Crippen molar-refractivity contribution in [2.24, 2.45) is 0 Å². The maximum Gasteiger partial charge on any atom is 0.156 e. The maximum atomic E-state index is 11.8. The minimum atomic E-state index is -3.17. The minimum absolute atomic E-state index is 0.00174. The van der Waals surface area contributed by atoms with Crippen LogP contribution >= 0.6 is 0 Å². The van der Waals surface area contributed by atoms with Gasteiger partial charge in [0, 0.05) is 6.54 Å². The number of aliphatic hydroxyl groups excluding tert-OH is 2. The summed E-state index contributed by atoms with van der Waals surface area (Å²) in [5.74, 6) is -0.00174. The van der Waals surface area contributed by atoms with Crippen LogP contribution < -0.4 is 5.32 Å². The number of sulfone groups is 1. The molecule has 0 amide bonds. The van der Waals surface area contributed by atoms with Crippen molar-refractivity contribution in [2.75, 3.05) is 25.5 Å². The van der Waals surface area contributed by atoms with E-state index in [4.69, 9.17) is 0 Å². The van der Waals surface area contributed by atoms with Crippen molar-refractivity contribution in [3.05, 3.63) is 0 Å². The van der Waals surface area contributed by atoms with E-state index in [2.05, 4.69) is 5.32 Å². The molecule has 3 N–H and O–H groups in total. The molecule has 0 spiro atoms. The normalized spacial score (nSPS) is 14.0. The number of aliphatic hydroxyl groups is 2. The molecule has 5 nitrogen and oxygen atoms in total. The van der Waals surface area contributed by atoms with E-state index in [-0.39, 0.29) is 25.5 Å². The highest BCUT2D eigenvalue weighted by Gasteiger charge is 2.30. The standard InChI is InChI=1S/C11H25NO4S/c1-5-11(8-13,9-14)12-6-7-17(15,16)10(2,3)4/h12-14H,5-9H2,1-4H3. The van der Waals surface area contributed by atoms with Gasteiger partial charge >= 0.3 is 0 Å². The molecule has 0 aliphatic carbocycles. The van der Waals surface area contributed by atoms with Gasteiger partial charge in [0.05, 0.1) is 29.3 Å². The fourth-order valence-electron chi connectivity index (χ4n) is 1.27. The van der Waals surface area contributed by atoms with Gasteiger partial charge in [-0.3, -0.25) is 0 Å². The first kappa shape index (κ1) is 16.8. The molecular formula is C11H25NO4S. The summed E-state index contributed by atoms with van der Waals surface area (Å²) in [5, 5.41) is 21.3. The second-order valence-electron chi connectivity index (χ2n) is 5.31. The van der Waals surface area contributed by atoms with Crippen LogP contribution in [0.25, 0.3) is 0 Å². The van der Waals surface area contributed by atoms with Gasteiger partial charge in [0.15, 0.2) is 9.84 Å². The summed E-state index contributed by atoms with van der Waals surface area (Å²) in [5.41, 5.74) is -0.784. The average Bonchev–Trinajstić information content (AvgIpc) is 2.23. The molecule has 0 atom stereocenters. The lowest BCUT2D eigenvalue weighted by Crippen LogP contribution is -2.53. The summed E-state index contributed by atoms with van der Waals surface area (Å²) < 4.78 is 22.9. The van der Waals surface area contributed by atoms with Gasteiger partial charge in [0.25, 0.3) is 0 Å². The highest BCUT2D eigenvalue weighted by Crippen LogP contribution is 2.16. The van der Waals surface area contributed by atoms with Gasteiger partial charge in [0.2, 0.25) is 0 Å². The molecule has 0 rings (SSSR count). The predicted molar refractivity (Wildman–Crippen MR) is 68.7 cm³/mol. The monoisotopic (exact) mass is 267 g/mol. The van der Waals surface area contributed by atoms with E-state index >= 15 is 0 Å². The number of rotatable bonds is 7. The molecule has 0 aliphatic rings. The average molecular weight is 267 g/mol. The Balaban J connectivity index is 4.43. The topological polar surface area (TPSA) is 86.6 Å². The van der Waals surface area contributed by atoms with Crippen molar-refractivity contribution in [3.8, 4) is 0 Å². The van der Waals surface area contributed by atoms with E-state index in [0.717, 1.165) is 0 Å². The largest absolute Gasteiger partial charge is 0.394 e. The lowest BCUT2D eigenvalue weighted by atomic mass is 9.99. The maximum absolute atomic E-state index is 11.8. The van der Waals surface area contributed by atoms with Gasteiger partial charge in [-0.05, 0) is 27.2 Å². The summed E-state index contributed by atoms with van der Waals surface area (Å²) in [6, 6.07) is 0. The van der Waals surface area contributed by atoms with Crippen LogP contribution in [0, 0.1) is 0 Å². The molecule has 0 aromatic heterocycles. The van der Waals surface area contributed by atoms with Crippen molar-refractivity contribution < 1.29 is 18.6 Å². The van der Waals surface area contributed by atoms with Crippen LogP contribution in [0.4, 0.5) is 0 Å². The molecule has 6 heteroatoms. The quantitative estimate of drug-likeness (QED) is 0.601. The molecule has 0 unspecified atom stereocenters. The Kier molecular flexibility index (Phi) is 6.07. The van der Waals surface area contributed by atoms with Gasteiger partial charge in [-0.15, -0.1) is 0 Å². The van der Waals surface area contributed by atoms with E-state index < -0.39 is 20.1 Å². The Morgan fingerprint density at radius 3 is 1.88 bits per heavy atom. The molecule has 17 heavy (non-hydrogen) atoms. The Morgan fingerprint density at radius 2 is 1.59 bits per heavy atom. The van der Waals surface area contributed by atoms with E-state index in [0.29, 0.717) is 6.42 Å². The van der Waals surface area contributed by atoms with Crippen molar-refractivity contribution in [1.82, 2.24) is 5.32 Å². The molecule has 0 aromatic rings. The summed E-state index contributed by atoms with van der Waals surface area (Å²) in [7, 11) is -3.17. The van der Waals surface area contributed by atoms with Crippen LogP contribution in [0.3, 0.4) is 0 Å². The van der Waals surface area contributed by atoms with E-state index in [1.165, 1.54) is 0 Å². The molecule has 0 saturated heterocycles. The molecule has 0 fully saturated rings. The summed E-state index contributed by atoms with van der Waals surface area (Å²) >= 11 is 0. The minimum Gasteiger partial charge on any atom is -0.394 e. The van der Waals surface area contributed by atoms with Crippen LogP contribution in [0.2, 0.25) is 0 Å². The van der Waals surface area contributed by atoms with Gasteiger partial charge in [-0.25, -0.2) is 8.42 Å². The lowest BCUT2D eigenvalue weighted by molar-refractivity contribution is 0.0895. The first-order chi connectivity index (χ1) is 7.64. The van der Waals surface area contributed by atoms with Crippen LogP contribution in [-0.2, 0) is 9.84 Å². The predicted octanol–water partition coefficient (Wildman–Crippen LogP) is -0.0773. The Morgan fingerprint density at radius 1 is 1.12 bits per heavy atom. The zero-order valence-electron chi connectivity index (χ0n) is 11.2. The van der Waals surface area contributed by atoms with Crippen LogP contribution in [0.15, 0.2) is 0 Å². The zero-order valence-corrected chi connectivity index (χ0v) is 12.0. The summed E-state index contributed by atoms with van der Waals surface area (Å²) in [6.07, 6.45) is 0.537. The summed E-state index contributed by atoms with van der Waals surface area (Å²) in [4.78, 5) is 0. The third-order valence-electron chi connectivity index (χ3n) is 3.09. The fourth-order valence-corrected chi connectivity index (χ4v) is 2.25. The molecule has 0 saturated carbocycles. The van der Waals surface area contributed by atoms with Crippen LogP contribution in [0.5, 0.6) is 0 Å². The Bertz CT molecular complexity index is 307. The van der Waals surface area contributed by atoms with Gasteiger partial charge < -0.3 is 15.5 Å². The number of nitrogens with one attached hydrogen (secondary N) is 1. The third-order valence-corrected chi connectivity index (χ3v) is 5.69. The number of hydrogen-bond acceptors (Lipinski definition) is 5. The van der Waals surface area contributed by atoms with Gasteiger partial charge in [0.1, 0.15) is 0 Å². The second kappa shape index (κ2) is 6.13. The molecule has 0 aliphatic heterocycles. The summed E-state index contributed by atoms with van der Waals surface area (Å²) in [6.45, 7) is 6.62. The first-order valence-electron chi connectivity index (χ1n) is 5.83. The Hall–Kier alpha value is -0.170. The molecule has 0 heterocycles. The zero-order chi connectivity index (χ0) is 13.7. The smallest absolute Gasteiger partial charge is 0.156 e. The first-order valence-corrected chi connectivity index (χ1v) is 7.48. The lowest BCUT2D eigenvalue weighted by Gasteiger charge is -2.30. The SMILES string of the molecule is CCC(CO)(CO)NCCS(=O)(=O)C(C)(C)C. The highest BCUT2D eigenvalue weighted by molar-refractivity contribution is 7.92. The molecule has 0 aromatic carbocycles. The molecular weight excluding hydrogens is 242 g/mol. The number of hydrogen-bond donors (Lipinski definition) is 3. The van der Waals surface area contributed by atoms with Gasteiger partial charge in [-0.1, -0.05) is 6.92 Å². The van der Waals surface area contributed by atoms with Crippen molar-refractivity contribution in [2.45, 2.75) is 44.4 Å². The van der Waals surface area contributed by atoms with Crippen LogP contribution in [-0.4, -0.2) is 54.4 Å². The van der Waals surface area contributed by atoms with Crippen molar-refractivity contribution in [1.29, 1.82) is 0 Å². The van der Waals surface area contributed by atoms with Crippen molar-refractivity contribution >= 4 is 9.84 Å².